The Morgan fingerprint density at radius 1 is 1.07 bits per heavy atom. The van der Waals surface area contributed by atoms with Crippen LogP contribution < -0.4 is 10.3 Å². The van der Waals surface area contributed by atoms with Crippen molar-refractivity contribution in [3.8, 4) is 5.75 Å². The monoisotopic (exact) mass is 401 g/mol. The highest BCUT2D eigenvalue weighted by Crippen LogP contribution is 2.32. The second kappa shape index (κ2) is 7.67. The van der Waals surface area contributed by atoms with Crippen molar-refractivity contribution in [1.82, 2.24) is 4.57 Å². The van der Waals surface area contributed by atoms with Crippen LogP contribution in [0, 0.1) is 13.8 Å². The van der Waals surface area contributed by atoms with E-state index in [4.69, 9.17) is 9.84 Å². The Balaban J connectivity index is 1.94. The van der Waals surface area contributed by atoms with Gasteiger partial charge in [0.05, 0.1) is 5.52 Å². The van der Waals surface area contributed by atoms with E-state index in [0.717, 1.165) is 38.4 Å². The van der Waals surface area contributed by atoms with E-state index in [1.54, 1.807) is 11.6 Å². The van der Waals surface area contributed by atoms with Gasteiger partial charge in [0.1, 0.15) is 5.75 Å². The highest BCUT2D eigenvalue weighted by Gasteiger charge is 2.18. The number of nitrogens with zero attached hydrogens (tertiary/aromatic N) is 1. The number of rotatable bonds is 5. The second-order valence-electron chi connectivity index (χ2n) is 7.62. The molecule has 152 valence electrons. The molecule has 0 spiro atoms. The molecule has 4 aromatic rings. The molecule has 0 bridgehead atoms. The number of fused-ring (bicyclic) bond motifs is 2. The Morgan fingerprint density at radius 3 is 2.57 bits per heavy atom. The SMILES string of the molecule is Cc1cc(OCC(=O)O)c2c(C)c(Cc3cccc4ccccc34)c(=O)n(C)c2c1. The molecule has 0 fully saturated rings. The molecule has 0 saturated heterocycles. The van der Waals surface area contributed by atoms with Crippen LogP contribution in [0.5, 0.6) is 5.75 Å². The molecule has 0 aliphatic carbocycles. The largest absolute Gasteiger partial charge is 0.481 e. The van der Waals surface area contributed by atoms with Gasteiger partial charge >= 0.3 is 5.97 Å². The van der Waals surface area contributed by atoms with Crippen LogP contribution in [0.1, 0.15) is 22.3 Å². The van der Waals surface area contributed by atoms with Crippen LogP contribution in [0.25, 0.3) is 21.7 Å². The van der Waals surface area contributed by atoms with Crippen molar-refractivity contribution in [1.29, 1.82) is 0 Å². The standard InChI is InChI=1S/C25H23NO4/c1-15-11-21-24(22(12-15)30-14-23(27)28)16(2)20(25(29)26(21)3)13-18-9-6-8-17-7-4-5-10-19(17)18/h4-12H,13-14H2,1-3H3,(H,27,28). The number of aryl methyl sites for hydroxylation is 3. The van der Waals surface area contributed by atoms with Crippen molar-refractivity contribution in [2.45, 2.75) is 20.3 Å². The lowest BCUT2D eigenvalue weighted by Gasteiger charge is -2.17. The van der Waals surface area contributed by atoms with Crippen LogP contribution in [-0.2, 0) is 18.3 Å². The van der Waals surface area contributed by atoms with Gasteiger partial charge in [0, 0.05) is 24.4 Å². The van der Waals surface area contributed by atoms with Crippen molar-refractivity contribution in [2.24, 2.45) is 7.05 Å². The van der Waals surface area contributed by atoms with E-state index in [1.807, 2.05) is 50.2 Å². The quantitative estimate of drug-likeness (QED) is 0.539. The maximum Gasteiger partial charge on any atom is 0.341 e. The average molecular weight is 401 g/mol. The lowest BCUT2D eigenvalue weighted by molar-refractivity contribution is -0.139. The van der Waals surface area contributed by atoms with Crippen LogP contribution in [-0.4, -0.2) is 22.2 Å². The minimum Gasteiger partial charge on any atom is -0.481 e. The topological polar surface area (TPSA) is 68.5 Å². The molecule has 3 aromatic carbocycles. The predicted molar refractivity (Wildman–Crippen MR) is 119 cm³/mol. The van der Waals surface area contributed by atoms with Crippen LogP contribution in [0.15, 0.2) is 59.4 Å². The normalized spacial score (nSPS) is 11.2. The first-order chi connectivity index (χ1) is 14.4. The molecule has 0 atom stereocenters. The van der Waals surface area contributed by atoms with E-state index in [9.17, 15) is 9.59 Å². The Morgan fingerprint density at radius 2 is 1.80 bits per heavy atom. The van der Waals surface area contributed by atoms with Gasteiger partial charge in [-0.25, -0.2) is 4.79 Å². The van der Waals surface area contributed by atoms with E-state index in [2.05, 4.69) is 18.2 Å². The van der Waals surface area contributed by atoms with E-state index >= 15 is 0 Å². The molecule has 30 heavy (non-hydrogen) atoms. The Kier molecular flexibility index (Phi) is 5.04. The molecule has 0 saturated carbocycles. The van der Waals surface area contributed by atoms with Crippen LogP contribution in [0.2, 0.25) is 0 Å². The van der Waals surface area contributed by atoms with E-state index in [1.165, 1.54) is 0 Å². The fourth-order valence-corrected chi connectivity index (χ4v) is 4.10. The summed E-state index contributed by atoms with van der Waals surface area (Å²) in [6.45, 7) is 3.38. The number of hydrogen-bond donors (Lipinski definition) is 1. The van der Waals surface area contributed by atoms with Gasteiger partial charge < -0.3 is 14.4 Å². The van der Waals surface area contributed by atoms with E-state index in [0.29, 0.717) is 17.7 Å². The van der Waals surface area contributed by atoms with Crippen LogP contribution in [0.4, 0.5) is 0 Å². The van der Waals surface area contributed by atoms with Crippen LogP contribution in [0.3, 0.4) is 0 Å². The molecule has 0 radical (unpaired) electrons. The number of aromatic nitrogens is 1. The molecule has 0 amide bonds. The van der Waals surface area contributed by atoms with Gasteiger partial charge in [-0.1, -0.05) is 42.5 Å². The summed E-state index contributed by atoms with van der Waals surface area (Å²) in [6.07, 6.45) is 0.488. The molecule has 1 heterocycles. The third kappa shape index (κ3) is 3.43. The second-order valence-corrected chi connectivity index (χ2v) is 7.62. The van der Waals surface area contributed by atoms with Crippen LogP contribution >= 0.6 is 0 Å². The fraction of sp³-hybridized carbons (Fsp3) is 0.200. The van der Waals surface area contributed by atoms with E-state index < -0.39 is 12.6 Å². The van der Waals surface area contributed by atoms with Crippen molar-refractivity contribution in [2.75, 3.05) is 6.61 Å². The average Bonchev–Trinajstić information content (AvgIpc) is 2.73. The molecule has 0 unspecified atom stereocenters. The summed E-state index contributed by atoms with van der Waals surface area (Å²) in [7, 11) is 1.75. The number of pyridine rings is 1. The summed E-state index contributed by atoms with van der Waals surface area (Å²) in [6, 6.07) is 18.0. The first-order valence-corrected chi connectivity index (χ1v) is 9.81. The molecule has 5 heteroatoms. The summed E-state index contributed by atoms with van der Waals surface area (Å²) in [5, 5.41) is 12.1. The van der Waals surface area contributed by atoms with Gasteiger partial charge in [-0.05, 0) is 53.4 Å². The highest BCUT2D eigenvalue weighted by molar-refractivity contribution is 5.91. The summed E-state index contributed by atoms with van der Waals surface area (Å²) < 4.78 is 7.23. The molecule has 0 aliphatic heterocycles. The third-order valence-corrected chi connectivity index (χ3v) is 5.58. The zero-order chi connectivity index (χ0) is 21.4. The lowest BCUT2D eigenvalue weighted by Crippen LogP contribution is -2.24. The third-order valence-electron chi connectivity index (χ3n) is 5.58. The fourth-order valence-electron chi connectivity index (χ4n) is 4.10. The van der Waals surface area contributed by atoms with Gasteiger partial charge in [-0.2, -0.15) is 0 Å². The molecular weight excluding hydrogens is 378 g/mol. The predicted octanol–water partition coefficient (Wildman–Crippen LogP) is 4.36. The zero-order valence-electron chi connectivity index (χ0n) is 17.2. The molecule has 0 aliphatic rings. The van der Waals surface area contributed by atoms with Gasteiger partial charge in [0.2, 0.25) is 0 Å². The molecule has 1 aromatic heterocycles. The number of ether oxygens (including phenoxy) is 1. The maximum absolute atomic E-state index is 13.3. The summed E-state index contributed by atoms with van der Waals surface area (Å²) in [5.41, 5.74) is 4.17. The highest BCUT2D eigenvalue weighted by atomic mass is 16.5. The number of carboxylic acid groups (broad SMARTS) is 1. The number of aliphatic carboxylic acids is 1. The molecular formula is C25H23NO4. The summed E-state index contributed by atoms with van der Waals surface area (Å²) >= 11 is 0. The smallest absolute Gasteiger partial charge is 0.341 e. The number of benzene rings is 3. The number of carbonyl (C=O) groups is 1. The zero-order valence-corrected chi connectivity index (χ0v) is 17.2. The minimum absolute atomic E-state index is 0.0530. The van der Waals surface area contributed by atoms with Gasteiger partial charge in [-0.3, -0.25) is 4.79 Å². The Bertz CT molecular complexity index is 1350. The molecule has 5 nitrogen and oxygen atoms in total. The summed E-state index contributed by atoms with van der Waals surface area (Å²) in [5.74, 6) is -0.553. The van der Waals surface area contributed by atoms with Crippen molar-refractivity contribution < 1.29 is 14.6 Å². The lowest BCUT2D eigenvalue weighted by atomic mass is 9.94. The number of hydrogen-bond acceptors (Lipinski definition) is 3. The minimum atomic E-state index is -1.04. The van der Waals surface area contributed by atoms with Gasteiger partial charge in [0.15, 0.2) is 6.61 Å². The number of carboxylic acids is 1. The summed E-state index contributed by atoms with van der Waals surface area (Å²) in [4.78, 5) is 24.3. The Hall–Kier alpha value is -3.60. The van der Waals surface area contributed by atoms with Gasteiger partial charge in [0.25, 0.3) is 5.56 Å². The van der Waals surface area contributed by atoms with Gasteiger partial charge in [-0.15, -0.1) is 0 Å². The van der Waals surface area contributed by atoms with E-state index in [-0.39, 0.29) is 5.56 Å². The van der Waals surface area contributed by atoms with Crippen molar-refractivity contribution in [3.05, 3.63) is 87.2 Å². The Labute approximate surface area is 174 Å². The van der Waals surface area contributed by atoms with Crippen molar-refractivity contribution >= 4 is 27.6 Å². The maximum atomic E-state index is 13.3. The molecule has 4 rings (SSSR count). The first kappa shape index (κ1) is 19.7. The molecule has 1 N–H and O–H groups in total. The van der Waals surface area contributed by atoms with Crippen molar-refractivity contribution in [3.63, 3.8) is 0 Å². The first-order valence-electron chi connectivity index (χ1n) is 9.81.